The number of nitrogens with zero attached hydrogens (tertiary/aromatic N) is 1. The Bertz CT molecular complexity index is 250. The lowest BCUT2D eigenvalue weighted by Gasteiger charge is -2.33. The molecule has 1 aliphatic rings. The van der Waals surface area contributed by atoms with E-state index in [1.54, 1.807) is 0 Å². The molecule has 0 bridgehead atoms. The van der Waals surface area contributed by atoms with Gasteiger partial charge in [0.05, 0.1) is 0 Å². The van der Waals surface area contributed by atoms with Crippen molar-refractivity contribution in [1.29, 1.82) is 0 Å². The maximum absolute atomic E-state index is 11.0. The second-order valence-electron chi connectivity index (χ2n) is 3.63. The average molecular weight is 192 g/mol. The largest absolute Gasteiger partial charge is 0.277 e. The minimum atomic E-state index is -3.47. The molecule has 2 atom stereocenters. The van der Waals surface area contributed by atoms with E-state index in [-0.39, 0.29) is 6.04 Å². The van der Waals surface area contributed by atoms with Crippen molar-refractivity contribution in [3.8, 4) is 0 Å². The molecular formula is C7H16N2O2S. The zero-order valence-corrected chi connectivity index (χ0v) is 8.34. The summed E-state index contributed by atoms with van der Waals surface area (Å²) in [6, 6.07) is 0.0590. The van der Waals surface area contributed by atoms with E-state index in [0.717, 1.165) is 12.8 Å². The summed E-state index contributed by atoms with van der Waals surface area (Å²) in [7, 11) is -3.47. The topological polar surface area (TPSA) is 63.4 Å². The Kier molecular flexibility index (Phi) is 2.75. The van der Waals surface area contributed by atoms with Crippen LogP contribution in [-0.4, -0.2) is 25.3 Å². The van der Waals surface area contributed by atoms with E-state index in [9.17, 15) is 8.42 Å². The van der Waals surface area contributed by atoms with E-state index in [1.807, 2.05) is 6.92 Å². The summed E-state index contributed by atoms with van der Waals surface area (Å²) in [6.45, 7) is 4.61. The Hall–Kier alpha value is -0.130. The summed E-state index contributed by atoms with van der Waals surface area (Å²) in [6.07, 6.45) is 1.83. The lowest BCUT2D eigenvalue weighted by atomic mass is 9.95. The van der Waals surface area contributed by atoms with Crippen LogP contribution in [0.15, 0.2) is 0 Å². The fraction of sp³-hybridized carbons (Fsp3) is 1.00. The molecule has 0 aromatic rings. The predicted octanol–water partition coefficient (Wildman–Crippen LogP) is 0.310. The average Bonchev–Trinajstić information content (AvgIpc) is 1.83. The molecule has 2 N–H and O–H groups in total. The number of hydrogen-bond acceptors (Lipinski definition) is 2. The van der Waals surface area contributed by atoms with Gasteiger partial charge >= 0.3 is 0 Å². The summed E-state index contributed by atoms with van der Waals surface area (Å²) in [5.41, 5.74) is 0. The van der Waals surface area contributed by atoms with Gasteiger partial charge in [-0.3, -0.25) is 0 Å². The van der Waals surface area contributed by atoms with Gasteiger partial charge in [0.2, 0.25) is 0 Å². The van der Waals surface area contributed by atoms with Crippen LogP contribution in [0.5, 0.6) is 0 Å². The highest BCUT2D eigenvalue weighted by atomic mass is 32.2. The molecule has 1 fully saturated rings. The summed E-state index contributed by atoms with van der Waals surface area (Å²) < 4.78 is 23.4. The Morgan fingerprint density at radius 3 is 2.42 bits per heavy atom. The summed E-state index contributed by atoms with van der Waals surface area (Å²) in [5.74, 6) is 0.609. The Morgan fingerprint density at radius 2 is 2.00 bits per heavy atom. The van der Waals surface area contributed by atoms with Crippen molar-refractivity contribution < 1.29 is 8.42 Å². The van der Waals surface area contributed by atoms with Gasteiger partial charge in [-0.15, -0.1) is 0 Å². The zero-order chi connectivity index (χ0) is 9.35. The Morgan fingerprint density at radius 1 is 1.42 bits per heavy atom. The van der Waals surface area contributed by atoms with Crippen LogP contribution in [0.1, 0.15) is 26.7 Å². The molecule has 0 saturated carbocycles. The molecule has 0 radical (unpaired) electrons. The molecule has 72 valence electrons. The van der Waals surface area contributed by atoms with Crippen molar-refractivity contribution in [2.75, 3.05) is 6.54 Å². The van der Waals surface area contributed by atoms with Crippen molar-refractivity contribution in [3.05, 3.63) is 0 Å². The molecule has 0 aliphatic carbocycles. The van der Waals surface area contributed by atoms with Gasteiger partial charge in [-0.2, -0.15) is 12.7 Å². The van der Waals surface area contributed by atoms with Crippen molar-refractivity contribution in [3.63, 3.8) is 0 Å². The molecule has 5 heteroatoms. The molecule has 1 rings (SSSR count). The van der Waals surface area contributed by atoms with E-state index in [2.05, 4.69) is 6.92 Å². The fourth-order valence-electron chi connectivity index (χ4n) is 1.76. The van der Waals surface area contributed by atoms with Crippen LogP contribution in [0, 0.1) is 5.92 Å². The number of piperidine rings is 1. The van der Waals surface area contributed by atoms with Gasteiger partial charge < -0.3 is 0 Å². The molecule has 1 saturated heterocycles. The molecule has 0 spiro atoms. The van der Waals surface area contributed by atoms with E-state index < -0.39 is 10.2 Å². The lowest BCUT2D eigenvalue weighted by Crippen LogP contribution is -2.47. The minimum Gasteiger partial charge on any atom is -0.216 e. The van der Waals surface area contributed by atoms with Gasteiger partial charge in [-0.1, -0.05) is 6.92 Å². The standard InChI is InChI=1S/C7H16N2O2S/c1-6-3-4-9(7(2)5-6)12(8,10)11/h6-7H,3-5H2,1-2H3,(H2,8,10,11)/t6-,7-/m0/s1. The third kappa shape index (κ3) is 2.18. The van der Waals surface area contributed by atoms with Crippen LogP contribution in [0.2, 0.25) is 0 Å². The van der Waals surface area contributed by atoms with Gasteiger partial charge in [0.15, 0.2) is 0 Å². The molecule has 0 aromatic carbocycles. The van der Waals surface area contributed by atoms with E-state index in [1.165, 1.54) is 4.31 Å². The zero-order valence-electron chi connectivity index (χ0n) is 7.53. The van der Waals surface area contributed by atoms with Crippen molar-refractivity contribution in [2.45, 2.75) is 32.7 Å². The third-order valence-electron chi connectivity index (χ3n) is 2.40. The summed E-state index contributed by atoms with van der Waals surface area (Å²) >= 11 is 0. The van der Waals surface area contributed by atoms with Crippen LogP contribution in [-0.2, 0) is 10.2 Å². The predicted molar refractivity (Wildman–Crippen MR) is 47.7 cm³/mol. The fourth-order valence-corrected chi connectivity index (χ4v) is 2.71. The first-order chi connectivity index (χ1) is 5.41. The van der Waals surface area contributed by atoms with Crippen molar-refractivity contribution >= 4 is 10.2 Å². The smallest absolute Gasteiger partial charge is 0.216 e. The maximum Gasteiger partial charge on any atom is 0.277 e. The highest BCUT2D eigenvalue weighted by molar-refractivity contribution is 7.86. The van der Waals surface area contributed by atoms with Crippen LogP contribution in [0.25, 0.3) is 0 Å². The van der Waals surface area contributed by atoms with Gasteiger partial charge in [0.25, 0.3) is 10.2 Å². The minimum absolute atomic E-state index is 0.0590. The molecular weight excluding hydrogens is 176 g/mol. The SMILES string of the molecule is C[C@H]1CCN(S(N)(=O)=O)[C@@H](C)C1. The van der Waals surface area contributed by atoms with Gasteiger partial charge in [-0.25, -0.2) is 5.14 Å². The normalized spacial score (nSPS) is 33.6. The van der Waals surface area contributed by atoms with Gasteiger partial charge in [0.1, 0.15) is 0 Å². The first kappa shape index (κ1) is 9.95. The molecule has 0 unspecified atom stereocenters. The van der Waals surface area contributed by atoms with Gasteiger partial charge in [-0.05, 0) is 25.7 Å². The molecule has 1 heterocycles. The van der Waals surface area contributed by atoms with Crippen molar-refractivity contribution in [2.24, 2.45) is 11.1 Å². The van der Waals surface area contributed by atoms with Crippen molar-refractivity contribution in [1.82, 2.24) is 4.31 Å². The third-order valence-corrected chi connectivity index (χ3v) is 3.60. The van der Waals surface area contributed by atoms with Gasteiger partial charge in [0, 0.05) is 12.6 Å². The second-order valence-corrected chi connectivity index (χ2v) is 5.13. The van der Waals surface area contributed by atoms with E-state index in [4.69, 9.17) is 5.14 Å². The first-order valence-corrected chi connectivity index (χ1v) is 5.71. The number of hydrogen-bond donors (Lipinski definition) is 1. The monoisotopic (exact) mass is 192 g/mol. The number of rotatable bonds is 1. The first-order valence-electron chi connectivity index (χ1n) is 4.21. The quantitative estimate of drug-likeness (QED) is 0.650. The van der Waals surface area contributed by atoms with Crippen LogP contribution in [0.4, 0.5) is 0 Å². The second kappa shape index (κ2) is 3.32. The Labute approximate surface area is 73.9 Å². The Balaban J connectivity index is 2.69. The molecule has 4 nitrogen and oxygen atoms in total. The van der Waals surface area contributed by atoms with E-state index >= 15 is 0 Å². The molecule has 12 heavy (non-hydrogen) atoms. The summed E-state index contributed by atoms with van der Waals surface area (Å²) in [5, 5.41) is 5.04. The van der Waals surface area contributed by atoms with E-state index in [0.29, 0.717) is 12.5 Å². The highest BCUT2D eigenvalue weighted by Gasteiger charge is 2.29. The summed E-state index contributed by atoms with van der Waals surface area (Å²) in [4.78, 5) is 0. The number of nitrogens with two attached hydrogens (primary N) is 1. The lowest BCUT2D eigenvalue weighted by molar-refractivity contribution is 0.220. The van der Waals surface area contributed by atoms with Crippen LogP contribution in [0.3, 0.4) is 0 Å². The molecule has 0 amide bonds. The van der Waals surface area contributed by atoms with Crippen LogP contribution < -0.4 is 5.14 Å². The molecule has 1 aliphatic heterocycles. The maximum atomic E-state index is 11.0. The highest BCUT2D eigenvalue weighted by Crippen LogP contribution is 2.22. The van der Waals surface area contributed by atoms with Crippen LogP contribution >= 0.6 is 0 Å². The molecule has 0 aromatic heterocycles.